The second-order valence-corrected chi connectivity index (χ2v) is 8.99. The normalized spacial score (nSPS) is 19.5. The molecule has 0 aromatic rings. The Labute approximate surface area is 148 Å². The maximum absolute atomic E-state index is 11.7. The van der Waals surface area contributed by atoms with Gasteiger partial charge in [-0.05, 0) is 31.6 Å². The molecule has 1 rings (SSSR count). The number of nitrogens with one attached hydrogen (secondary N) is 1. The summed E-state index contributed by atoms with van der Waals surface area (Å²) in [6.45, 7) is 9.66. The summed E-state index contributed by atoms with van der Waals surface area (Å²) in [5.41, 5.74) is 0. The maximum Gasteiger partial charge on any atom is 0.213 e. The predicted octanol–water partition coefficient (Wildman–Crippen LogP) is 1.99. The molecule has 1 unspecified atom stereocenters. The summed E-state index contributed by atoms with van der Waals surface area (Å²) in [7, 11) is 0.389. The lowest BCUT2D eigenvalue weighted by Crippen LogP contribution is -2.41. The van der Waals surface area contributed by atoms with Crippen LogP contribution < -0.4 is 5.32 Å². The molecule has 24 heavy (non-hydrogen) atoms. The number of hydrogen-bond donors (Lipinski definition) is 1. The third-order valence-corrected chi connectivity index (χ3v) is 7.09. The average Bonchev–Trinajstić information content (AvgIpc) is 3.05. The van der Waals surface area contributed by atoms with Crippen LogP contribution in [0.2, 0.25) is 0 Å². The highest BCUT2D eigenvalue weighted by Gasteiger charge is 2.29. The fourth-order valence-corrected chi connectivity index (χ4v) is 4.36. The van der Waals surface area contributed by atoms with Crippen LogP contribution in [-0.2, 0) is 10.0 Å². The van der Waals surface area contributed by atoms with Crippen LogP contribution in [-0.4, -0.2) is 69.6 Å². The Morgan fingerprint density at radius 3 is 2.54 bits per heavy atom. The third kappa shape index (κ3) is 5.92. The molecule has 1 heterocycles. The van der Waals surface area contributed by atoms with Gasteiger partial charge in [-0.25, -0.2) is 12.7 Å². The van der Waals surface area contributed by atoms with E-state index in [1.165, 1.54) is 23.6 Å². The minimum Gasteiger partial charge on any atom is -0.356 e. The minimum atomic E-state index is -3.08. The smallest absolute Gasteiger partial charge is 0.213 e. The summed E-state index contributed by atoms with van der Waals surface area (Å²) in [5.74, 6) is 2.67. The topological polar surface area (TPSA) is 65.0 Å². The molecule has 7 heteroatoms. The zero-order chi connectivity index (χ0) is 18.2. The van der Waals surface area contributed by atoms with Crippen molar-refractivity contribution in [3.05, 3.63) is 0 Å². The molecule has 1 N–H and O–H groups in total. The lowest BCUT2D eigenvalue weighted by molar-refractivity contribution is 0.319. The fraction of sp³-hybridized carbons (Fsp3) is 0.941. The van der Waals surface area contributed by atoms with Crippen LogP contribution >= 0.6 is 0 Å². The summed E-state index contributed by atoms with van der Waals surface area (Å²) in [6, 6.07) is 0. The first-order valence-corrected chi connectivity index (χ1v) is 10.9. The van der Waals surface area contributed by atoms with Crippen LogP contribution in [0, 0.1) is 11.8 Å². The van der Waals surface area contributed by atoms with Crippen molar-refractivity contribution in [2.45, 2.75) is 46.5 Å². The maximum atomic E-state index is 11.7. The molecule has 0 aromatic carbocycles. The summed E-state index contributed by atoms with van der Waals surface area (Å²) in [4.78, 5) is 6.74. The summed E-state index contributed by atoms with van der Waals surface area (Å²) < 4.78 is 24.9. The van der Waals surface area contributed by atoms with Crippen molar-refractivity contribution in [1.29, 1.82) is 0 Å². The van der Waals surface area contributed by atoms with Gasteiger partial charge in [-0.2, -0.15) is 0 Å². The van der Waals surface area contributed by atoms with Crippen molar-refractivity contribution in [3.8, 4) is 0 Å². The molecule has 1 atom stereocenters. The van der Waals surface area contributed by atoms with Gasteiger partial charge in [-0.15, -0.1) is 0 Å². The number of aliphatic imine (C=N–C) groups is 1. The highest BCUT2D eigenvalue weighted by molar-refractivity contribution is 7.89. The highest BCUT2D eigenvalue weighted by atomic mass is 32.2. The Kier molecular flexibility index (Phi) is 9.05. The first kappa shape index (κ1) is 21.2. The molecule has 1 fully saturated rings. The molecule has 1 saturated heterocycles. The van der Waals surface area contributed by atoms with E-state index in [0.29, 0.717) is 6.54 Å². The van der Waals surface area contributed by atoms with Gasteiger partial charge >= 0.3 is 0 Å². The van der Waals surface area contributed by atoms with Crippen molar-refractivity contribution in [1.82, 2.24) is 14.5 Å². The molecule has 0 amide bonds. The summed E-state index contributed by atoms with van der Waals surface area (Å²) in [5, 5.41) is 3.39. The monoisotopic (exact) mass is 360 g/mol. The Bertz CT molecular complexity index is 489. The van der Waals surface area contributed by atoms with Gasteiger partial charge in [0.1, 0.15) is 0 Å². The van der Waals surface area contributed by atoms with E-state index < -0.39 is 10.0 Å². The third-order valence-electron chi connectivity index (χ3n) is 5.22. The van der Waals surface area contributed by atoms with Gasteiger partial charge in [0, 0.05) is 40.3 Å². The molecule has 0 spiro atoms. The second kappa shape index (κ2) is 10.2. The van der Waals surface area contributed by atoms with E-state index >= 15 is 0 Å². The van der Waals surface area contributed by atoms with Crippen LogP contribution in [0.3, 0.4) is 0 Å². The first-order chi connectivity index (χ1) is 11.4. The van der Waals surface area contributed by atoms with E-state index in [1.807, 2.05) is 7.05 Å². The molecule has 0 aromatic heterocycles. The van der Waals surface area contributed by atoms with Crippen molar-refractivity contribution in [2.75, 3.05) is 46.0 Å². The van der Waals surface area contributed by atoms with Gasteiger partial charge in [0.05, 0.1) is 5.75 Å². The molecule has 1 aliphatic rings. The van der Waals surface area contributed by atoms with E-state index in [2.05, 4.69) is 29.1 Å². The number of rotatable bonds is 9. The lowest BCUT2D eigenvalue weighted by atomic mass is 9.87. The van der Waals surface area contributed by atoms with Gasteiger partial charge in [-0.3, -0.25) is 4.99 Å². The minimum absolute atomic E-state index is 0.157. The van der Waals surface area contributed by atoms with Crippen molar-refractivity contribution in [2.24, 2.45) is 16.8 Å². The van der Waals surface area contributed by atoms with E-state index in [9.17, 15) is 8.42 Å². The summed E-state index contributed by atoms with van der Waals surface area (Å²) in [6.07, 6.45) is 4.52. The van der Waals surface area contributed by atoms with E-state index in [-0.39, 0.29) is 5.75 Å². The largest absolute Gasteiger partial charge is 0.356 e. The van der Waals surface area contributed by atoms with Gasteiger partial charge in [0.2, 0.25) is 10.0 Å². The lowest BCUT2D eigenvalue weighted by Gasteiger charge is -2.24. The van der Waals surface area contributed by atoms with E-state index in [0.717, 1.165) is 43.9 Å². The number of likely N-dealkylation sites (tertiary alicyclic amines) is 1. The van der Waals surface area contributed by atoms with Gasteiger partial charge in [0.25, 0.3) is 0 Å². The standard InChI is InChI=1S/C17H36N4O2S/c1-6-15(7-2)16-10-13-21(14-16)17(18-4)19-11-9-12-20(5)24(22,23)8-3/h15-16H,6-14H2,1-5H3,(H,18,19). The fourth-order valence-electron chi connectivity index (χ4n) is 3.51. The SMILES string of the molecule is CCC(CC)C1CCN(C(=NC)NCCCN(C)S(=O)(=O)CC)C1. The van der Waals surface area contributed by atoms with Crippen LogP contribution in [0.1, 0.15) is 46.5 Å². The van der Waals surface area contributed by atoms with Crippen molar-refractivity contribution >= 4 is 16.0 Å². The predicted molar refractivity (Wildman–Crippen MR) is 102 cm³/mol. The molecule has 142 valence electrons. The zero-order valence-corrected chi connectivity index (χ0v) is 16.9. The van der Waals surface area contributed by atoms with Crippen LogP contribution in [0.15, 0.2) is 4.99 Å². The Morgan fingerprint density at radius 2 is 2.00 bits per heavy atom. The Balaban J connectivity index is 2.39. The van der Waals surface area contributed by atoms with Crippen molar-refractivity contribution in [3.63, 3.8) is 0 Å². The zero-order valence-electron chi connectivity index (χ0n) is 16.1. The first-order valence-electron chi connectivity index (χ1n) is 9.29. The van der Waals surface area contributed by atoms with Crippen LogP contribution in [0.25, 0.3) is 0 Å². The quantitative estimate of drug-likeness (QED) is 0.388. The number of guanidine groups is 1. The van der Waals surface area contributed by atoms with Gasteiger partial charge in [-0.1, -0.05) is 26.7 Å². The number of hydrogen-bond acceptors (Lipinski definition) is 3. The molecule has 0 aliphatic carbocycles. The number of nitrogens with zero attached hydrogens (tertiary/aromatic N) is 3. The molecule has 0 radical (unpaired) electrons. The second-order valence-electron chi connectivity index (χ2n) is 6.62. The molecule has 6 nitrogen and oxygen atoms in total. The molecule has 0 saturated carbocycles. The van der Waals surface area contributed by atoms with E-state index in [4.69, 9.17) is 0 Å². The average molecular weight is 361 g/mol. The number of sulfonamides is 1. The molecular formula is C17H36N4O2S. The highest BCUT2D eigenvalue weighted by Crippen LogP contribution is 2.28. The molecule has 0 bridgehead atoms. The van der Waals surface area contributed by atoms with Gasteiger partial charge in [0.15, 0.2) is 5.96 Å². The Hall–Kier alpha value is -0.820. The van der Waals surface area contributed by atoms with Crippen LogP contribution in [0.4, 0.5) is 0 Å². The molecule has 1 aliphatic heterocycles. The van der Waals surface area contributed by atoms with Gasteiger partial charge < -0.3 is 10.2 Å². The van der Waals surface area contributed by atoms with Crippen molar-refractivity contribution < 1.29 is 8.42 Å². The van der Waals surface area contributed by atoms with Crippen LogP contribution in [0.5, 0.6) is 0 Å². The Morgan fingerprint density at radius 1 is 1.33 bits per heavy atom. The summed E-state index contributed by atoms with van der Waals surface area (Å²) >= 11 is 0. The molecular weight excluding hydrogens is 324 g/mol. The van der Waals surface area contributed by atoms with E-state index in [1.54, 1.807) is 14.0 Å².